The van der Waals surface area contributed by atoms with Crippen LogP contribution in [0.1, 0.15) is 64.2 Å². The summed E-state index contributed by atoms with van der Waals surface area (Å²) >= 11 is 6.16. The van der Waals surface area contributed by atoms with Crippen molar-refractivity contribution in [2.24, 2.45) is 11.8 Å². The van der Waals surface area contributed by atoms with Crippen LogP contribution in [0.25, 0.3) is 0 Å². The molecule has 0 spiro atoms. The number of anilines is 2. The van der Waals surface area contributed by atoms with Crippen LogP contribution in [0.5, 0.6) is 0 Å². The first-order valence-electron chi connectivity index (χ1n) is 10.1. The van der Waals surface area contributed by atoms with E-state index in [9.17, 15) is 4.79 Å². The maximum absolute atomic E-state index is 12.6. The van der Waals surface area contributed by atoms with Crippen LogP contribution < -0.4 is 11.1 Å². The number of hydrogen-bond donors (Lipinski definition) is 2. The summed E-state index contributed by atoms with van der Waals surface area (Å²) in [6.45, 7) is 0.707. The van der Waals surface area contributed by atoms with E-state index in [4.69, 9.17) is 22.1 Å². The molecule has 1 aromatic carbocycles. The van der Waals surface area contributed by atoms with E-state index < -0.39 is 0 Å². The molecule has 3 N–H and O–H groups in total. The van der Waals surface area contributed by atoms with E-state index >= 15 is 0 Å². The van der Waals surface area contributed by atoms with Gasteiger partial charge < -0.3 is 15.8 Å². The number of nitrogen functional groups attached to an aromatic ring is 1. The Morgan fingerprint density at radius 2 is 1.69 bits per heavy atom. The van der Waals surface area contributed by atoms with Crippen LogP contribution in [0.3, 0.4) is 0 Å². The molecule has 1 aliphatic heterocycles. The van der Waals surface area contributed by atoms with E-state index in [1.165, 1.54) is 57.8 Å². The van der Waals surface area contributed by atoms with Gasteiger partial charge in [-0.2, -0.15) is 0 Å². The first-order valence-corrected chi connectivity index (χ1v) is 10.5. The van der Waals surface area contributed by atoms with Gasteiger partial charge in [0.2, 0.25) is 0 Å². The molecule has 144 valence electrons. The minimum absolute atomic E-state index is 0.0981. The number of halogens is 1. The van der Waals surface area contributed by atoms with Crippen molar-refractivity contribution in [1.29, 1.82) is 0 Å². The molecule has 1 heterocycles. The van der Waals surface area contributed by atoms with Gasteiger partial charge in [0.1, 0.15) is 6.10 Å². The quantitative estimate of drug-likeness (QED) is 0.691. The largest absolute Gasteiger partial charge is 0.399 e. The van der Waals surface area contributed by atoms with Crippen molar-refractivity contribution in [2.75, 3.05) is 17.7 Å². The summed E-state index contributed by atoms with van der Waals surface area (Å²) in [6, 6.07) is 5.12. The van der Waals surface area contributed by atoms with Crippen molar-refractivity contribution in [2.45, 2.75) is 70.3 Å². The highest BCUT2D eigenvalue weighted by Crippen LogP contribution is 2.35. The second kappa shape index (κ2) is 9.61. The summed E-state index contributed by atoms with van der Waals surface area (Å²) in [5, 5.41) is 3.35. The molecule has 2 atom stereocenters. The van der Waals surface area contributed by atoms with Gasteiger partial charge in [-0.3, -0.25) is 4.79 Å². The SMILES string of the molecule is Nc1ccc(NC(=O)C2CC(C3CCCCCCCCC3)CO2)c(Cl)c1. The number of hydrogen-bond acceptors (Lipinski definition) is 3. The Morgan fingerprint density at radius 1 is 1.04 bits per heavy atom. The molecular weight excluding hydrogens is 348 g/mol. The lowest BCUT2D eigenvalue weighted by Crippen LogP contribution is -2.27. The molecule has 1 aromatic rings. The molecule has 4 nitrogen and oxygen atoms in total. The number of benzene rings is 1. The van der Waals surface area contributed by atoms with E-state index in [2.05, 4.69) is 5.32 Å². The molecule has 3 rings (SSSR count). The molecule has 1 saturated carbocycles. The molecule has 5 heteroatoms. The molecule has 2 fully saturated rings. The van der Waals surface area contributed by atoms with Gasteiger partial charge in [-0.25, -0.2) is 0 Å². The highest BCUT2D eigenvalue weighted by Gasteiger charge is 2.35. The van der Waals surface area contributed by atoms with E-state index in [0.29, 0.717) is 34.8 Å². The fraction of sp³-hybridized carbons (Fsp3) is 0.667. The van der Waals surface area contributed by atoms with Crippen LogP contribution >= 0.6 is 11.6 Å². The van der Waals surface area contributed by atoms with Gasteiger partial charge in [-0.1, -0.05) is 69.4 Å². The molecule has 1 aliphatic carbocycles. The Morgan fingerprint density at radius 3 is 2.35 bits per heavy atom. The molecule has 1 amide bonds. The Bertz CT molecular complexity index is 598. The van der Waals surface area contributed by atoms with E-state index in [1.807, 2.05) is 0 Å². The van der Waals surface area contributed by atoms with Gasteiger partial charge in [0, 0.05) is 5.69 Å². The van der Waals surface area contributed by atoms with Gasteiger partial charge in [-0.05, 0) is 36.5 Å². The molecule has 1 saturated heterocycles. The van der Waals surface area contributed by atoms with E-state index in [1.54, 1.807) is 18.2 Å². The zero-order valence-corrected chi connectivity index (χ0v) is 16.3. The maximum Gasteiger partial charge on any atom is 0.253 e. The van der Waals surface area contributed by atoms with Crippen LogP contribution in [0.15, 0.2) is 18.2 Å². The first-order chi connectivity index (χ1) is 12.6. The molecular formula is C21H31ClN2O2. The average molecular weight is 379 g/mol. The fourth-order valence-corrected chi connectivity index (χ4v) is 4.56. The monoisotopic (exact) mass is 378 g/mol. The van der Waals surface area contributed by atoms with Gasteiger partial charge >= 0.3 is 0 Å². The van der Waals surface area contributed by atoms with E-state index in [0.717, 1.165) is 6.42 Å². The number of rotatable bonds is 3. The first kappa shape index (κ1) is 19.5. The third-order valence-corrected chi connectivity index (χ3v) is 6.20. The third-order valence-electron chi connectivity index (χ3n) is 5.89. The summed E-state index contributed by atoms with van der Waals surface area (Å²) in [5.74, 6) is 1.11. The van der Waals surface area contributed by atoms with Gasteiger partial charge in [0.05, 0.1) is 17.3 Å². The normalized spacial score (nSPS) is 25.7. The minimum atomic E-state index is -0.371. The highest BCUT2D eigenvalue weighted by atomic mass is 35.5. The number of carbonyl (C=O) groups is 1. The second-order valence-electron chi connectivity index (χ2n) is 7.86. The molecule has 0 aromatic heterocycles. The van der Waals surface area contributed by atoms with Gasteiger partial charge in [0.25, 0.3) is 5.91 Å². The topological polar surface area (TPSA) is 64.3 Å². The smallest absolute Gasteiger partial charge is 0.253 e. The zero-order chi connectivity index (χ0) is 18.4. The zero-order valence-electron chi connectivity index (χ0n) is 15.5. The van der Waals surface area contributed by atoms with Crippen molar-refractivity contribution in [3.63, 3.8) is 0 Å². The highest BCUT2D eigenvalue weighted by molar-refractivity contribution is 6.34. The van der Waals surface area contributed by atoms with Crippen LogP contribution in [0.4, 0.5) is 11.4 Å². The predicted molar refractivity (Wildman–Crippen MR) is 107 cm³/mol. The van der Waals surface area contributed by atoms with Crippen molar-refractivity contribution in [1.82, 2.24) is 0 Å². The molecule has 2 aliphatic rings. The Balaban J connectivity index is 1.53. The van der Waals surface area contributed by atoms with Gasteiger partial charge in [0.15, 0.2) is 0 Å². The Hall–Kier alpha value is -1.26. The number of carbonyl (C=O) groups excluding carboxylic acids is 1. The second-order valence-corrected chi connectivity index (χ2v) is 8.27. The predicted octanol–water partition coefficient (Wildman–Crippen LogP) is 5.41. The van der Waals surface area contributed by atoms with E-state index in [-0.39, 0.29) is 12.0 Å². The van der Waals surface area contributed by atoms with Crippen LogP contribution in [-0.2, 0) is 9.53 Å². The lowest BCUT2D eigenvalue weighted by atomic mass is 9.81. The number of nitrogens with one attached hydrogen (secondary N) is 1. The summed E-state index contributed by atoms with van der Waals surface area (Å²) in [4.78, 5) is 12.6. The molecule has 26 heavy (non-hydrogen) atoms. The summed E-state index contributed by atoms with van der Waals surface area (Å²) in [5.41, 5.74) is 6.88. The molecule has 0 bridgehead atoms. The lowest BCUT2D eigenvalue weighted by Gasteiger charge is -2.23. The third kappa shape index (κ3) is 5.37. The van der Waals surface area contributed by atoms with Crippen LogP contribution in [0.2, 0.25) is 5.02 Å². The molecule has 0 radical (unpaired) electrons. The van der Waals surface area contributed by atoms with Crippen molar-refractivity contribution in [3.8, 4) is 0 Å². The summed E-state index contributed by atoms with van der Waals surface area (Å²) in [6.07, 6.45) is 12.5. The standard InChI is InChI=1S/C21H31ClN2O2/c22-18-13-17(23)10-11-19(18)24-21(25)20-12-16(14-26-20)15-8-6-4-2-1-3-5-7-9-15/h10-11,13,15-16,20H,1-9,12,14,23H2,(H,24,25). The summed E-state index contributed by atoms with van der Waals surface area (Å²) < 4.78 is 5.86. The number of amides is 1. The van der Waals surface area contributed by atoms with Crippen molar-refractivity contribution < 1.29 is 9.53 Å². The average Bonchev–Trinajstić information content (AvgIpc) is 3.12. The maximum atomic E-state index is 12.6. The van der Waals surface area contributed by atoms with Crippen molar-refractivity contribution >= 4 is 28.9 Å². The van der Waals surface area contributed by atoms with Crippen molar-refractivity contribution in [3.05, 3.63) is 23.2 Å². The Labute approximate surface area is 161 Å². The minimum Gasteiger partial charge on any atom is -0.399 e. The lowest BCUT2D eigenvalue weighted by molar-refractivity contribution is -0.124. The number of nitrogens with two attached hydrogens (primary N) is 1. The number of ether oxygens (including phenoxy) is 1. The Kier molecular flexibility index (Phi) is 7.21. The van der Waals surface area contributed by atoms with Crippen LogP contribution in [-0.4, -0.2) is 18.6 Å². The van der Waals surface area contributed by atoms with Gasteiger partial charge in [-0.15, -0.1) is 0 Å². The summed E-state index contributed by atoms with van der Waals surface area (Å²) in [7, 11) is 0. The molecule has 2 unspecified atom stereocenters. The van der Waals surface area contributed by atoms with Crippen LogP contribution in [0, 0.1) is 11.8 Å². The fourth-order valence-electron chi connectivity index (χ4n) is 4.32.